The van der Waals surface area contributed by atoms with Crippen molar-refractivity contribution in [2.45, 2.75) is 43.8 Å². The molecule has 0 unspecified atom stereocenters. The second kappa shape index (κ2) is 8.11. The van der Waals surface area contributed by atoms with Gasteiger partial charge in [-0.05, 0) is 55.4 Å². The fraction of sp³-hybridized carbons (Fsp3) is 0.304. The Hall–Kier alpha value is -3.26. The van der Waals surface area contributed by atoms with Crippen LogP contribution >= 0.6 is 12.2 Å². The van der Waals surface area contributed by atoms with E-state index in [1.807, 2.05) is 41.1 Å². The molecular formula is C23H23N5O2S. The van der Waals surface area contributed by atoms with Crippen LogP contribution in [0.1, 0.15) is 49.2 Å². The van der Waals surface area contributed by atoms with Gasteiger partial charge in [-0.25, -0.2) is 0 Å². The Morgan fingerprint density at radius 1 is 1.10 bits per heavy atom. The third-order valence-corrected chi connectivity index (χ3v) is 6.58. The van der Waals surface area contributed by atoms with E-state index < -0.39 is 0 Å². The number of aromatic nitrogens is 2. The molecule has 5 rings (SSSR count). The predicted molar refractivity (Wildman–Crippen MR) is 122 cm³/mol. The van der Waals surface area contributed by atoms with E-state index in [1.165, 1.54) is 18.9 Å². The number of hydrogen-bond donors (Lipinski definition) is 1. The van der Waals surface area contributed by atoms with E-state index >= 15 is 0 Å². The zero-order valence-corrected chi connectivity index (χ0v) is 17.7. The number of nitro benzene ring substituents is 1. The van der Waals surface area contributed by atoms with Gasteiger partial charge in [0.05, 0.1) is 28.4 Å². The predicted octanol–water partition coefficient (Wildman–Crippen LogP) is 4.70. The lowest BCUT2D eigenvalue weighted by atomic mass is 9.99. The lowest BCUT2D eigenvalue weighted by Gasteiger charge is -2.33. The molecule has 2 atom stereocenters. The second-order valence-electron chi connectivity index (χ2n) is 8.05. The van der Waals surface area contributed by atoms with Gasteiger partial charge in [0.25, 0.3) is 5.69 Å². The first-order chi connectivity index (χ1) is 15.1. The Labute approximate surface area is 185 Å². The summed E-state index contributed by atoms with van der Waals surface area (Å²) in [5.41, 5.74) is 2.81. The van der Waals surface area contributed by atoms with Gasteiger partial charge in [-0.3, -0.25) is 15.1 Å². The Balaban J connectivity index is 1.62. The molecule has 1 saturated carbocycles. The molecule has 1 aliphatic carbocycles. The molecule has 0 amide bonds. The normalized spacial score (nSPS) is 21.4. The van der Waals surface area contributed by atoms with Gasteiger partial charge in [-0.1, -0.05) is 25.0 Å². The summed E-state index contributed by atoms with van der Waals surface area (Å²) < 4.78 is 2.03. The monoisotopic (exact) mass is 433 g/mol. The van der Waals surface area contributed by atoms with Crippen LogP contribution in [0.4, 0.5) is 5.69 Å². The summed E-state index contributed by atoms with van der Waals surface area (Å²) in [5.74, 6) is 0. The van der Waals surface area contributed by atoms with E-state index in [0.29, 0.717) is 6.04 Å². The van der Waals surface area contributed by atoms with E-state index in [2.05, 4.69) is 21.3 Å². The highest BCUT2D eigenvalue weighted by atomic mass is 32.1. The number of nitrogens with zero attached hydrogens (tertiary/aromatic N) is 4. The SMILES string of the molecule is O=[N+]([O-])c1cccc(-n2cccc2[C@H]2[C@@H](c3ccccn3)NC(=S)N2C2CCCC2)c1. The standard InChI is InChI=1S/C23H23N5O2S/c29-28(30)18-10-5-9-17(15-18)26-14-6-12-20(26)22-21(19-11-3-4-13-24-19)25-23(31)27(22)16-7-1-2-8-16/h3-6,9-16,21-22H,1-2,7-8H2,(H,25,31)/t21-,22+/m1/s1. The summed E-state index contributed by atoms with van der Waals surface area (Å²) in [4.78, 5) is 17.9. The number of hydrogen-bond acceptors (Lipinski definition) is 4. The molecule has 2 aliphatic rings. The first kappa shape index (κ1) is 19.7. The average Bonchev–Trinajstić information content (AvgIpc) is 3.53. The van der Waals surface area contributed by atoms with Crippen molar-refractivity contribution in [1.82, 2.24) is 19.8 Å². The Morgan fingerprint density at radius 3 is 2.68 bits per heavy atom. The number of benzene rings is 1. The van der Waals surface area contributed by atoms with Crippen molar-refractivity contribution in [1.29, 1.82) is 0 Å². The van der Waals surface area contributed by atoms with Crippen LogP contribution in [-0.4, -0.2) is 30.5 Å². The Bertz CT molecular complexity index is 1110. The van der Waals surface area contributed by atoms with Crippen molar-refractivity contribution in [3.05, 3.63) is 88.5 Å². The maximum atomic E-state index is 11.3. The third-order valence-electron chi connectivity index (χ3n) is 6.26. The number of thiocarbonyl (C=S) groups is 1. The summed E-state index contributed by atoms with van der Waals surface area (Å²) in [6.45, 7) is 0. The maximum absolute atomic E-state index is 11.3. The minimum atomic E-state index is -0.361. The zero-order valence-electron chi connectivity index (χ0n) is 16.9. The molecule has 1 aromatic carbocycles. The molecule has 1 aliphatic heterocycles. The summed E-state index contributed by atoms with van der Waals surface area (Å²) in [5, 5.41) is 15.6. The van der Waals surface area contributed by atoms with Gasteiger partial charge >= 0.3 is 0 Å². The molecule has 2 aromatic heterocycles. The maximum Gasteiger partial charge on any atom is 0.271 e. The molecule has 158 valence electrons. The highest BCUT2D eigenvalue weighted by Crippen LogP contribution is 2.43. The second-order valence-corrected chi connectivity index (χ2v) is 8.44. The van der Waals surface area contributed by atoms with Crippen LogP contribution in [0.2, 0.25) is 0 Å². The van der Waals surface area contributed by atoms with Gasteiger partial charge in [0.2, 0.25) is 0 Å². The molecular weight excluding hydrogens is 410 g/mol. The number of non-ortho nitro benzene ring substituents is 1. The molecule has 1 saturated heterocycles. The minimum absolute atomic E-state index is 0.0558. The zero-order chi connectivity index (χ0) is 21.4. The van der Waals surface area contributed by atoms with Gasteiger partial charge in [0.1, 0.15) is 0 Å². The summed E-state index contributed by atoms with van der Waals surface area (Å²) in [7, 11) is 0. The average molecular weight is 434 g/mol. The van der Waals surface area contributed by atoms with Crippen LogP contribution < -0.4 is 5.32 Å². The number of nitrogens with one attached hydrogen (secondary N) is 1. The number of pyridine rings is 1. The fourth-order valence-corrected chi connectivity index (χ4v) is 5.27. The largest absolute Gasteiger partial charge is 0.352 e. The molecule has 8 heteroatoms. The van der Waals surface area contributed by atoms with Crippen molar-refractivity contribution < 1.29 is 4.92 Å². The summed E-state index contributed by atoms with van der Waals surface area (Å²) in [6, 6.07) is 17.0. The summed E-state index contributed by atoms with van der Waals surface area (Å²) in [6.07, 6.45) is 8.40. The van der Waals surface area contributed by atoms with Gasteiger partial charge in [0.15, 0.2) is 5.11 Å². The summed E-state index contributed by atoms with van der Waals surface area (Å²) >= 11 is 5.81. The highest BCUT2D eigenvalue weighted by molar-refractivity contribution is 7.80. The van der Waals surface area contributed by atoms with Crippen molar-refractivity contribution in [3.8, 4) is 5.69 Å². The molecule has 0 bridgehead atoms. The van der Waals surface area contributed by atoms with Crippen LogP contribution in [0, 0.1) is 10.1 Å². The molecule has 1 N–H and O–H groups in total. The molecule has 3 aromatic rings. The van der Waals surface area contributed by atoms with E-state index in [9.17, 15) is 10.1 Å². The van der Waals surface area contributed by atoms with Crippen LogP contribution in [-0.2, 0) is 0 Å². The quantitative estimate of drug-likeness (QED) is 0.357. The van der Waals surface area contributed by atoms with Crippen LogP contribution in [0.25, 0.3) is 5.69 Å². The van der Waals surface area contributed by atoms with Crippen LogP contribution in [0.5, 0.6) is 0 Å². The molecule has 3 heterocycles. The van der Waals surface area contributed by atoms with Crippen LogP contribution in [0.15, 0.2) is 67.0 Å². The van der Waals surface area contributed by atoms with E-state index in [1.54, 1.807) is 18.3 Å². The molecule has 0 spiro atoms. The van der Waals surface area contributed by atoms with Crippen molar-refractivity contribution in [2.75, 3.05) is 0 Å². The first-order valence-corrected chi connectivity index (χ1v) is 11.0. The number of rotatable bonds is 5. The lowest BCUT2D eigenvalue weighted by Crippen LogP contribution is -2.38. The molecule has 2 fully saturated rings. The smallest absolute Gasteiger partial charge is 0.271 e. The van der Waals surface area contributed by atoms with Gasteiger partial charge in [-0.2, -0.15) is 0 Å². The Kier molecular flexibility index (Phi) is 5.15. The van der Waals surface area contributed by atoms with Crippen molar-refractivity contribution in [3.63, 3.8) is 0 Å². The van der Waals surface area contributed by atoms with Gasteiger partial charge < -0.3 is 14.8 Å². The highest BCUT2D eigenvalue weighted by Gasteiger charge is 2.44. The third kappa shape index (κ3) is 3.57. The number of nitro groups is 1. The van der Waals surface area contributed by atoms with E-state index in [-0.39, 0.29) is 22.7 Å². The van der Waals surface area contributed by atoms with Gasteiger partial charge in [0, 0.05) is 36.3 Å². The van der Waals surface area contributed by atoms with E-state index in [0.717, 1.165) is 35.0 Å². The van der Waals surface area contributed by atoms with Crippen LogP contribution in [0.3, 0.4) is 0 Å². The van der Waals surface area contributed by atoms with Gasteiger partial charge in [-0.15, -0.1) is 0 Å². The fourth-order valence-electron chi connectivity index (χ4n) is 4.88. The Morgan fingerprint density at radius 2 is 1.94 bits per heavy atom. The first-order valence-electron chi connectivity index (χ1n) is 10.6. The molecule has 31 heavy (non-hydrogen) atoms. The minimum Gasteiger partial charge on any atom is -0.352 e. The topological polar surface area (TPSA) is 76.2 Å². The van der Waals surface area contributed by atoms with Crippen molar-refractivity contribution >= 4 is 23.0 Å². The van der Waals surface area contributed by atoms with Crippen molar-refractivity contribution in [2.24, 2.45) is 0 Å². The molecule has 7 nitrogen and oxygen atoms in total. The molecule has 0 radical (unpaired) electrons. The lowest BCUT2D eigenvalue weighted by molar-refractivity contribution is -0.384. The van der Waals surface area contributed by atoms with E-state index in [4.69, 9.17) is 12.2 Å².